The molecule has 3 aromatic rings. The number of fused-ring (bicyclic) bond motifs is 2. The highest BCUT2D eigenvalue weighted by molar-refractivity contribution is 6.05. The predicted octanol–water partition coefficient (Wildman–Crippen LogP) is 3.66. The maximum Gasteiger partial charge on any atom is 0.255 e. The van der Waals surface area contributed by atoms with E-state index < -0.39 is 0 Å². The van der Waals surface area contributed by atoms with Gasteiger partial charge in [0.15, 0.2) is 5.82 Å². The Morgan fingerprint density at radius 3 is 2.57 bits per heavy atom. The zero-order chi connectivity index (χ0) is 20.7. The van der Waals surface area contributed by atoms with Gasteiger partial charge < -0.3 is 10.2 Å². The molecule has 2 aromatic carbocycles. The van der Waals surface area contributed by atoms with Gasteiger partial charge >= 0.3 is 0 Å². The number of piperidine rings is 1. The van der Waals surface area contributed by atoms with E-state index in [0.29, 0.717) is 34.6 Å². The van der Waals surface area contributed by atoms with Crippen molar-refractivity contribution in [3.8, 4) is 11.4 Å². The fourth-order valence-electron chi connectivity index (χ4n) is 4.55. The van der Waals surface area contributed by atoms with Crippen LogP contribution in [-0.4, -0.2) is 44.5 Å². The number of H-pyrrole nitrogens is 1. The first-order valence-corrected chi connectivity index (χ1v) is 10.3. The number of carbonyl (C=O) groups excluding carboxylic acids is 2. The lowest BCUT2D eigenvalue weighted by atomic mass is 10.1. The Morgan fingerprint density at radius 2 is 1.90 bits per heavy atom. The SMILES string of the molecule is Cc1ccc(C(=O)N2C[C@H]3CC[C@H]2C3)cc1NC(=O)c1ccc(-c2ncn[nH]2)cc1. The number of likely N-dealkylation sites (tertiary alicyclic amines) is 1. The lowest BCUT2D eigenvalue weighted by molar-refractivity contribution is 0.0703. The summed E-state index contributed by atoms with van der Waals surface area (Å²) in [6, 6.07) is 13.1. The van der Waals surface area contributed by atoms with E-state index in [0.717, 1.165) is 30.5 Å². The van der Waals surface area contributed by atoms with E-state index in [1.165, 1.54) is 12.7 Å². The molecule has 1 saturated carbocycles. The third kappa shape index (κ3) is 3.36. The summed E-state index contributed by atoms with van der Waals surface area (Å²) < 4.78 is 0. The molecule has 1 aliphatic carbocycles. The van der Waals surface area contributed by atoms with E-state index in [1.54, 1.807) is 18.2 Å². The van der Waals surface area contributed by atoms with Gasteiger partial charge in [0.05, 0.1) is 0 Å². The van der Waals surface area contributed by atoms with Gasteiger partial charge in [-0.05, 0) is 61.9 Å². The summed E-state index contributed by atoms with van der Waals surface area (Å²) in [7, 11) is 0. The summed E-state index contributed by atoms with van der Waals surface area (Å²) in [6.07, 6.45) is 4.92. The number of hydrogen-bond acceptors (Lipinski definition) is 4. The monoisotopic (exact) mass is 401 g/mol. The van der Waals surface area contributed by atoms with Gasteiger partial charge in [-0.3, -0.25) is 14.7 Å². The van der Waals surface area contributed by atoms with Crippen LogP contribution >= 0.6 is 0 Å². The Hall–Kier alpha value is -3.48. The molecule has 2 bridgehead atoms. The van der Waals surface area contributed by atoms with Crippen LogP contribution in [0.1, 0.15) is 45.5 Å². The molecule has 5 rings (SSSR count). The van der Waals surface area contributed by atoms with Crippen LogP contribution in [-0.2, 0) is 0 Å². The summed E-state index contributed by atoms with van der Waals surface area (Å²) in [5.74, 6) is 1.16. The van der Waals surface area contributed by atoms with Crippen molar-refractivity contribution in [1.82, 2.24) is 20.1 Å². The zero-order valence-corrected chi connectivity index (χ0v) is 16.8. The number of nitrogens with zero attached hydrogens (tertiary/aromatic N) is 3. The molecule has 2 heterocycles. The van der Waals surface area contributed by atoms with Crippen molar-refractivity contribution in [3.63, 3.8) is 0 Å². The molecule has 30 heavy (non-hydrogen) atoms. The van der Waals surface area contributed by atoms with Crippen LogP contribution in [0.3, 0.4) is 0 Å². The molecular formula is C23H23N5O2. The number of aromatic nitrogens is 3. The highest BCUT2D eigenvalue weighted by Crippen LogP contribution is 2.38. The molecule has 1 saturated heterocycles. The van der Waals surface area contributed by atoms with Gasteiger partial charge in [0.2, 0.25) is 0 Å². The molecule has 2 atom stereocenters. The topological polar surface area (TPSA) is 91.0 Å². The Bertz CT molecular complexity index is 1090. The minimum absolute atomic E-state index is 0.0640. The van der Waals surface area contributed by atoms with Crippen molar-refractivity contribution in [2.75, 3.05) is 11.9 Å². The maximum atomic E-state index is 13.0. The second kappa shape index (κ2) is 7.40. The molecule has 152 valence electrons. The molecule has 2 amide bonds. The first-order valence-electron chi connectivity index (χ1n) is 10.3. The lowest BCUT2D eigenvalue weighted by Gasteiger charge is -2.27. The number of carbonyl (C=O) groups is 2. The minimum Gasteiger partial charge on any atom is -0.335 e. The van der Waals surface area contributed by atoms with Crippen LogP contribution in [0.5, 0.6) is 0 Å². The molecule has 7 nitrogen and oxygen atoms in total. The molecule has 1 aromatic heterocycles. The summed E-state index contributed by atoms with van der Waals surface area (Å²) in [6.45, 7) is 2.78. The second-order valence-corrected chi connectivity index (χ2v) is 8.19. The van der Waals surface area contributed by atoms with Gasteiger partial charge in [-0.15, -0.1) is 0 Å². The molecular weight excluding hydrogens is 378 g/mol. The normalized spacial score (nSPS) is 19.8. The van der Waals surface area contributed by atoms with E-state index in [1.807, 2.05) is 36.1 Å². The van der Waals surface area contributed by atoms with E-state index in [2.05, 4.69) is 20.5 Å². The Morgan fingerprint density at radius 1 is 1.10 bits per heavy atom. The van der Waals surface area contributed by atoms with Gasteiger partial charge in [0.1, 0.15) is 6.33 Å². The van der Waals surface area contributed by atoms with Crippen LogP contribution in [0.4, 0.5) is 5.69 Å². The Kier molecular flexibility index (Phi) is 4.58. The minimum atomic E-state index is -0.216. The van der Waals surface area contributed by atoms with Crippen LogP contribution in [0.2, 0.25) is 0 Å². The van der Waals surface area contributed by atoms with Gasteiger partial charge in [0.25, 0.3) is 11.8 Å². The number of amides is 2. The molecule has 0 radical (unpaired) electrons. The average molecular weight is 401 g/mol. The lowest BCUT2D eigenvalue weighted by Crippen LogP contribution is -2.37. The fraction of sp³-hybridized carbons (Fsp3) is 0.304. The third-order valence-electron chi connectivity index (χ3n) is 6.24. The predicted molar refractivity (Wildman–Crippen MR) is 113 cm³/mol. The van der Waals surface area contributed by atoms with Crippen molar-refractivity contribution < 1.29 is 9.59 Å². The number of rotatable bonds is 4. The van der Waals surface area contributed by atoms with E-state index in [4.69, 9.17) is 0 Å². The number of benzene rings is 2. The zero-order valence-electron chi connectivity index (χ0n) is 16.8. The number of nitrogens with one attached hydrogen (secondary N) is 2. The molecule has 7 heteroatoms. The standard InChI is InChI=1S/C23H23N5O2/c1-14-2-4-18(23(30)28-12-15-3-9-19(28)10-15)11-20(14)26-22(29)17-7-5-16(6-8-17)21-24-13-25-27-21/h2,4-8,11,13,15,19H,3,9-10,12H2,1H3,(H,26,29)(H,24,25,27)/t15-,19-/m0/s1. The molecule has 1 aliphatic heterocycles. The molecule has 0 unspecified atom stereocenters. The van der Waals surface area contributed by atoms with Gasteiger partial charge in [0, 0.05) is 35.0 Å². The van der Waals surface area contributed by atoms with E-state index >= 15 is 0 Å². The maximum absolute atomic E-state index is 13.0. The van der Waals surface area contributed by atoms with Crippen molar-refractivity contribution in [1.29, 1.82) is 0 Å². The smallest absolute Gasteiger partial charge is 0.255 e. The van der Waals surface area contributed by atoms with Gasteiger partial charge in [-0.2, -0.15) is 5.10 Å². The first-order chi connectivity index (χ1) is 14.6. The molecule has 2 aliphatic rings. The van der Waals surface area contributed by atoms with E-state index in [9.17, 15) is 9.59 Å². The summed E-state index contributed by atoms with van der Waals surface area (Å²) in [5.41, 5.74) is 3.60. The van der Waals surface area contributed by atoms with Crippen LogP contribution < -0.4 is 5.32 Å². The van der Waals surface area contributed by atoms with Crippen LogP contribution in [0.25, 0.3) is 11.4 Å². The molecule has 2 fully saturated rings. The van der Waals surface area contributed by atoms with Crippen LogP contribution in [0.15, 0.2) is 48.8 Å². The van der Waals surface area contributed by atoms with Crippen molar-refractivity contribution in [2.45, 2.75) is 32.2 Å². The van der Waals surface area contributed by atoms with E-state index in [-0.39, 0.29) is 11.8 Å². The first kappa shape index (κ1) is 18.5. The fourth-order valence-corrected chi connectivity index (χ4v) is 4.55. The number of aryl methyl sites for hydroxylation is 1. The largest absolute Gasteiger partial charge is 0.335 e. The van der Waals surface area contributed by atoms with Crippen LogP contribution in [0, 0.1) is 12.8 Å². The van der Waals surface area contributed by atoms with Gasteiger partial charge in [-0.1, -0.05) is 18.2 Å². The third-order valence-corrected chi connectivity index (χ3v) is 6.24. The highest BCUT2D eigenvalue weighted by Gasteiger charge is 2.40. The van der Waals surface area contributed by atoms with Gasteiger partial charge in [-0.25, -0.2) is 4.98 Å². The summed E-state index contributed by atoms with van der Waals surface area (Å²) in [4.78, 5) is 31.9. The number of hydrogen-bond donors (Lipinski definition) is 2. The Balaban J connectivity index is 1.32. The highest BCUT2D eigenvalue weighted by atomic mass is 16.2. The number of aromatic amines is 1. The molecule has 2 N–H and O–H groups in total. The molecule has 0 spiro atoms. The summed E-state index contributed by atoms with van der Waals surface area (Å²) >= 11 is 0. The number of anilines is 1. The van der Waals surface area contributed by atoms with Crippen molar-refractivity contribution in [2.24, 2.45) is 5.92 Å². The quantitative estimate of drug-likeness (QED) is 0.698. The Labute approximate surface area is 174 Å². The second-order valence-electron chi connectivity index (χ2n) is 8.19. The van der Waals surface area contributed by atoms with Crippen molar-refractivity contribution in [3.05, 3.63) is 65.5 Å². The summed E-state index contributed by atoms with van der Waals surface area (Å²) in [5, 5.41) is 9.60. The van der Waals surface area contributed by atoms with Crippen molar-refractivity contribution >= 4 is 17.5 Å². The average Bonchev–Trinajstić information content (AvgIpc) is 3.53.